The van der Waals surface area contributed by atoms with Gasteiger partial charge in [0.2, 0.25) is 0 Å². The number of nitrogens with zero attached hydrogens (tertiary/aromatic N) is 1. The maximum atomic E-state index is 3.79. The molecule has 1 aromatic rings. The molecule has 1 rings (SSSR count). The Bertz CT molecular complexity index is 360. The van der Waals surface area contributed by atoms with Gasteiger partial charge in [-0.25, -0.2) is 0 Å². The maximum absolute atomic E-state index is 3.79. The third kappa shape index (κ3) is 4.13. The molecule has 94 valence electrons. The minimum absolute atomic E-state index is 0.612. The molecule has 1 aromatic carbocycles. The van der Waals surface area contributed by atoms with E-state index >= 15 is 0 Å². The van der Waals surface area contributed by atoms with Crippen molar-refractivity contribution in [3.05, 3.63) is 42.0 Å². The molecule has 2 heteroatoms. The van der Waals surface area contributed by atoms with Crippen LogP contribution in [0.2, 0.25) is 19.6 Å². The van der Waals surface area contributed by atoms with Crippen molar-refractivity contribution >= 4 is 14.3 Å². The van der Waals surface area contributed by atoms with Crippen LogP contribution in [0.5, 0.6) is 0 Å². The summed E-state index contributed by atoms with van der Waals surface area (Å²) < 4.78 is 2.65. The average Bonchev–Trinajstić information content (AvgIpc) is 2.24. The van der Waals surface area contributed by atoms with Crippen molar-refractivity contribution in [3.63, 3.8) is 0 Å². The lowest BCUT2D eigenvalue weighted by Gasteiger charge is -2.37. The molecule has 0 bridgehead atoms. The van der Waals surface area contributed by atoms with Crippen molar-refractivity contribution in [2.24, 2.45) is 0 Å². The smallest absolute Gasteiger partial charge is 0.119 e. The summed E-state index contributed by atoms with van der Waals surface area (Å²) in [7, 11) is -1.24. The summed E-state index contributed by atoms with van der Waals surface area (Å²) in [5.74, 6) is 0. The van der Waals surface area contributed by atoms with Gasteiger partial charge in [0.25, 0.3) is 0 Å². The highest BCUT2D eigenvalue weighted by Crippen LogP contribution is 2.18. The van der Waals surface area contributed by atoms with Crippen LogP contribution < -0.4 is 0 Å². The van der Waals surface area contributed by atoms with Crippen LogP contribution in [-0.4, -0.2) is 18.8 Å². The number of hydrogen-bond donors (Lipinski definition) is 0. The van der Waals surface area contributed by atoms with E-state index in [0.29, 0.717) is 6.04 Å². The normalized spacial score (nSPS) is 12.2. The van der Waals surface area contributed by atoms with Gasteiger partial charge in [-0.15, -0.1) is 0 Å². The summed E-state index contributed by atoms with van der Waals surface area (Å²) in [6.45, 7) is 16.6. The Hall–Kier alpha value is -0.863. The molecule has 0 N–H and O–H groups in total. The van der Waals surface area contributed by atoms with Gasteiger partial charge in [-0.05, 0) is 17.2 Å². The first-order valence-corrected chi connectivity index (χ1v) is 9.77. The lowest BCUT2D eigenvalue weighted by molar-refractivity contribution is 0.347. The van der Waals surface area contributed by atoms with Gasteiger partial charge in [-0.2, -0.15) is 0 Å². The SMILES string of the molecule is C=Cc1ccc(CN(C(C)C)[Si](C)(C)C)cc1. The van der Waals surface area contributed by atoms with Crippen LogP contribution in [0.4, 0.5) is 0 Å². The van der Waals surface area contributed by atoms with Crippen LogP contribution in [0.1, 0.15) is 25.0 Å². The van der Waals surface area contributed by atoms with E-state index in [1.807, 2.05) is 6.08 Å². The molecule has 0 saturated carbocycles. The molecule has 0 spiro atoms. The Balaban J connectivity index is 2.83. The molecule has 0 saturated heterocycles. The quantitative estimate of drug-likeness (QED) is 0.698. The van der Waals surface area contributed by atoms with E-state index in [1.54, 1.807) is 0 Å². The summed E-state index contributed by atoms with van der Waals surface area (Å²) in [4.78, 5) is 0. The first kappa shape index (κ1) is 14.2. The molecule has 0 amide bonds. The molecule has 1 nitrogen and oxygen atoms in total. The topological polar surface area (TPSA) is 3.24 Å². The van der Waals surface area contributed by atoms with Crippen molar-refractivity contribution in [3.8, 4) is 0 Å². The molecule has 0 unspecified atom stereocenters. The van der Waals surface area contributed by atoms with E-state index in [4.69, 9.17) is 0 Å². The molecule has 0 radical (unpaired) electrons. The Morgan fingerprint density at radius 3 is 2.06 bits per heavy atom. The fourth-order valence-electron chi connectivity index (χ4n) is 2.15. The van der Waals surface area contributed by atoms with Gasteiger partial charge in [0.1, 0.15) is 8.24 Å². The van der Waals surface area contributed by atoms with Crippen LogP contribution in [0.15, 0.2) is 30.8 Å². The molecule has 0 fully saturated rings. The van der Waals surface area contributed by atoms with Gasteiger partial charge in [-0.1, -0.05) is 70.4 Å². The highest BCUT2D eigenvalue weighted by Gasteiger charge is 2.25. The second-order valence-electron chi connectivity index (χ2n) is 5.84. The number of benzene rings is 1. The molecule has 0 aliphatic heterocycles. The predicted octanol–water partition coefficient (Wildman–Crippen LogP) is 4.37. The zero-order valence-electron chi connectivity index (χ0n) is 11.8. The lowest BCUT2D eigenvalue weighted by atomic mass is 10.1. The van der Waals surface area contributed by atoms with Crippen LogP contribution in [-0.2, 0) is 6.54 Å². The minimum atomic E-state index is -1.24. The highest BCUT2D eigenvalue weighted by atomic mass is 28.3. The first-order valence-electron chi connectivity index (χ1n) is 6.32. The highest BCUT2D eigenvalue weighted by molar-refractivity contribution is 6.73. The van der Waals surface area contributed by atoms with Crippen LogP contribution in [0, 0.1) is 0 Å². The van der Waals surface area contributed by atoms with Crippen molar-refractivity contribution in [1.29, 1.82) is 0 Å². The Kier molecular flexibility index (Phi) is 4.72. The van der Waals surface area contributed by atoms with Gasteiger partial charge < -0.3 is 4.57 Å². The van der Waals surface area contributed by atoms with Gasteiger partial charge >= 0.3 is 0 Å². The van der Waals surface area contributed by atoms with Crippen LogP contribution in [0.25, 0.3) is 6.08 Å². The van der Waals surface area contributed by atoms with Crippen LogP contribution >= 0.6 is 0 Å². The maximum Gasteiger partial charge on any atom is 0.119 e. The monoisotopic (exact) mass is 247 g/mol. The molecule has 0 atom stereocenters. The third-order valence-electron chi connectivity index (χ3n) is 3.05. The fraction of sp³-hybridized carbons (Fsp3) is 0.467. The van der Waals surface area contributed by atoms with E-state index in [-0.39, 0.29) is 0 Å². The zero-order valence-corrected chi connectivity index (χ0v) is 12.8. The summed E-state index contributed by atoms with van der Waals surface area (Å²) in [6.07, 6.45) is 1.89. The van der Waals surface area contributed by atoms with Crippen molar-refractivity contribution in [1.82, 2.24) is 4.57 Å². The lowest BCUT2D eigenvalue weighted by Crippen LogP contribution is -2.49. The van der Waals surface area contributed by atoms with E-state index in [2.05, 4.69) is 68.9 Å². The molecule has 0 aliphatic rings. The summed E-state index contributed by atoms with van der Waals surface area (Å²) >= 11 is 0. The molecule has 0 heterocycles. The Morgan fingerprint density at radius 1 is 1.18 bits per heavy atom. The Morgan fingerprint density at radius 2 is 1.71 bits per heavy atom. The fourth-order valence-corrected chi connectivity index (χ4v) is 4.36. The van der Waals surface area contributed by atoms with Gasteiger partial charge in [-0.3, -0.25) is 0 Å². The van der Waals surface area contributed by atoms with Crippen molar-refractivity contribution in [2.45, 2.75) is 46.1 Å². The molecular formula is C15H25NSi. The molecule has 17 heavy (non-hydrogen) atoms. The van der Waals surface area contributed by atoms with E-state index in [1.165, 1.54) is 11.1 Å². The summed E-state index contributed by atoms with van der Waals surface area (Å²) in [6, 6.07) is 9.33. The second kappa shape index (κ2) is 5.65. The number of rotatable bonds is 5. The average molecular weight is 247 g/mol. The van der Waals surface area contributed by atoms with E-state index in [9.17, 15) is 0 Å². The Labute approximate surface area is 107 Å². The standard InChI is InChI=1S/C15H25NSi/c1-7-14-8-10-15(11-9-14)12-16(13(2)3)17(4,5)6/h7-11,13H,1,12H2,2-6H3. The van der Waals surface area contributed by atoms with Gasteiger partial charge in [0, 0.05) is 6.54 Å². The second-order valence-corrected chi connectivity index (χ2v) is 10.8. The summed E-state index contributed by atoms with van der Waals surface area (Å²) in [5.41, 5.74) is 2.59. The summed E-state index contributed by atoms with van der Waals surface area (Å²) in [5, 5.41) is 0. The first-order chi connectivity index (χ1) is 7.84. The predicted molar refractivity (Wildman–Crippen MR) is 80.6 cm³/mol. The zero-order chi connectivity index (χ0) is 13.1. The third-order valence-corrected chi connectivity index (χ3v) is 5.45. The largest absolute Gasteiger partial charge is 0.318 e. The van der Waals surface area contributed by atoms with Gasteiger partial charge in [0.15, 0.2) is 0 Å². The molecular weight excluding hydrogens is 222 g/mol. The van der Waals surface area contributed by atoms with Crippen molar-refractivity contribution in [2.75, 3.05) is 0 Å². The van der Waals surface area contributed by atoms with Crippen LogP contribution in [0.3, 0.4) is 0 Å². The van der Waals surface area contributed by atoms with E-state index < -0.39 is 8.24 Å². The minimum Gasteiger partial charge on any atom is -0.318 e. The molecule has 0 aromatic heterocycles. The number of hydrogen-bond acceptors (Lipinski definition) is 1. The van der Waals surface area contributed by atoms with Crippen molar-refractivity contribution < 1.29 is 0 Å². The van der Waals surface area contributed by atoms with E-state index in [0.717, 1.165) is 6.54 Å². The van der Waals surface area contributed by atoms with Gasteiger partial charge in [0.05, 0.1) is 0 Å². The molecule has 0 aliphatic carbocycles.